The van der Waals surface area contributed by atoms with Crippen molar-refractivity contribution in [2.45, 2.75) is 37.9 Å². The number of carboxylic acids is 2. The van der Waals surface area contributed by atoms with Crippen LogP contribution in [0.25, 0.3) is 0 Å². The number of fused-ring (bicyclic) bond motifs is 1. The molecule has 196 valence electrons. The number of ether oxygens (including phenoxy) is 1. The Hall–Kier alpha value is -3.14. The van der Waals surface area contributed by atoms with E-state index < -0.39 is 17.5 Å². The largest absolute Gasteiger partial charge is 0.473 e. The van der Waals surface area contributed by atoms with E-state index in [1.807, 2.05) is 44.4 Å². The van der Waals surface area contributed by atoms with Gasteiger partial charge in [-0.2, -0.15) is 0 Å². The molecule has 8 nitrogen and oxygen atoms in total. The molecule has 1 aliphatic rings. The van der Waals surface area contributed by atoms with Crippen LogP contribution >= 0.6 is 0 Å². The Morgan fingerprint density at radius 3 is 2.06 bits per heavy atom. The highest BCUT2D eigenvalue weighted by Crippen LogP contribution is 2.45. The van der Waals surface area contributed by atoms with Crippen molar-refractivity contribution in [3.63, 3.8) is 0 Å². The first kappa shape index (κ1) is 29.1. The Kier molecular flexibility index (Phi) is 10.7. The van der Waals surface area contributed by atoms with Gasteiger partial charge in [0.15, 0.2) is 5.78 Å². The number of hydrogen-bond acceptors (Lipinski definition) is 6. The number of Topliss-reactive ketones (excluding diaryl/α,β-unsaturated/α-hetero) is 1. The smallest absolute Gasteiger partial charge is 0.414 e. The minimum absolute atomic E-state index is 0.173. The van der Waals surface area contributed by atoms with Crippen molar-refractivity contribution in [3.8, 4) is 0 Å². The molecule has 2 aromatic carbocycles. The highest BCUT2D eigenvalue weighted by Gasteiger charge is 2.41. The Bertz CT molecular complexity index is 1040. The second-order valence-corrected chi connectivity index (χ2v) is 9.34. The summed E-state index contributed by atoms with van der Waals surface area (Å²) >= 11 is 0. The predicted molar refractivity (Wildman–Crippen MR) is 134 cm³/mol. The van der Waals surface area contributed by atoms with Crippen molar-refractivity contribution in [2.24, 2.45) is 0 Å². The maximum atomic E-state index is 13.6. The zero-order valence-electron chi connectivity index (χ0n) is 21.3. The van der Waals surface area contributed by atoms with E-state index in [2.05, 4.69) is 23.9 Å². The predicted octanol–water partition coefficient (Wildman–Crippen LogP) is 3.62. The fraction of sp³-hybridized carbons (Fsp3) is 0.444. The lowest BCUT2D eigenvalue weighted by molar-refractivity contribution is -0.159. The van der Waals surface area contributed by atoms with E-state index in [1.165, 1.54) is 12.1 Å². The lowest BCUT2D eigenvalue weighted by Gasteiger charge is -2.31. The van der Waals surface area contributed by atoms with Gasteiger partial charge in [-0.3, -0.25) is 4.79 Å². The normalized spacial score (nSPS) is 16.4. The van der Waals surface area contributed by atoms with Crippen molar-refractivity contribution in [1.82, 2.24) is 9.80 Å². The monoisotopic (exact) mass is 502 g/mol. The molecule has 0 saturated heterocycles. The van der Waals surface area contributed by atoms with Gasteiger partial charge >= 0.3 is 11.9 Å². The zero-order chi connectivity index (χ0) is 26.9. The van der Waals surface area contributed by atoms with Crippen LogP contribution in [0.4, 0.5) is 4.39 Å². The van der Waals surface area contributed by atoms with Gasteiger partial charge < -0.3 is 24.7 Å². The topological polar surface area (TPSA) is 107 Å². The summed E-state index contributed by atoms with van der Waals surface area (Å²) in [6, 6.07) is 12.6. The number of ketones is 1. The number of nitrogens with zero attached hydrogens (tertiary/aromatic N) is 2. The van der Waals surface area contributed by atoms with Gasteiger partial charge in [0.1, 0.15) is 11.4 Å². The van der Waals surface area contributed by atoms with Gasteiger partial charge in [0, 0.05) is 12.0 Å². The van der Waals surface area contributed by atoms with E-state index in [-0.39, 0.29) is 11.6 Å². The van der Waals surface area contributed by atoms with Crippen LogP contribution in [0.15, 0.2) is 42.5 Å². The second kappa shape index (κ2) is 13.2. The summed E-state index contributed by atoms with van der Waals surface area (Å²) < 4.78 is 20.0. The third-order valence-electron chi connectivity index (χ3n) is 5.97. The number of carboxylic acid groups (broad SMARTS) is 2. The van der Waals surface area contributed by atoms with Crippen molar-refractivity contribution in [1.29, 1.82) is 0 Å². The molecular formula is C27H35FN2O6. The summed E-state index contributed by atoms with van der Waals surface area (Å²) in [5.41, 5.74) is 3.28. The van der Waals surface area contributed by atoms with E-state index >= 15 is 0 Å². The SMILES string of the molecule is CN(C)CCCC(=O)c1ccc2c(c1)CO[C@@]2(CCCN(C)C)c1ccc(F)cc1.O=C(O)C(=O)O. The summed E-state index contributed by atoms with van der Waals surface area (Å²) in [4.78, 5) is 35.1. The summed E-state index contributed by atoms with van der Waals surface area (Å²) in [7, 11) is 8.15. The second-order valence-electron chi connectivity index (χ2n) is 9.34. The van der Waals surface area contributed by atoms with Gasteiger partial charge in [-0.05, 0) is 95.4 Å². The van der Waals surface area contributed by atoms with Crippen molar-refractivity contribution in [2.75, 3.05) is 41.3 Å². The van der Waals surface area contributed by atoms with Crippen LogP contribution in [0, 0.1) is 5.82 Å². The average molecular weight is 503 g/mol. The molecule has 1 atom stereocenters. The molecule has 2 aromatic rings. The molecule has 0 spiro atoms. The number of benzene rings is 2. The maximum absolute atomic E-state index is 13.6. The molecule has 0 fully saturated rings. The van der Waals surface area contributed by atoms with Crippen LogP contribution in [0.5, 0.6) is 0 Å². The zero-order valence-corrected chi connectivity index (χ0v) is 21.3. The van der Waals surface area contributed by atoms with Crippen LogP contribution in [-0.2, 0) is 26.5 Å². The summed E-state index contributed by atoms with van der Waals surface area (Å²) in [6.45, 7) is 2.32. The molecule has 0 aliphatic carbocycles. The summed E-state index contributed by atoms with van der Waals surface area (Å²) in [5, 5.41) is 14.8. The Balaban J connectivity index is 0.000000678. The standard InChI is InChI=1S/C25H33FN2O2.C2H2O4/c1-27(2)15-5-7-24(29)19-8-13-23-20(17-19)18-30-25(23,14-6-16-28(3)4)21-9-11-22(26)12-10-21;3-1(4)2(5)6/h8-13,17H,5-7,14-16,18H2,1-4H3;(H,3,4)(H,5,6)/t25-;/m0./s1. The Morgan fingerprint density at radius 1 is 0.917 bits per heavy atom. The first-order valence-corrected chi connectivity index (χ1v) is 11.8. The molecule has 3 rings (SSSR count). The first-order chi connectivity index (χ1) is 17.0. The van der Waals surface area contributed by atoms with Crippen LogP contribution in [0.1, 0.15) is 52.7 Å². The lowest BCUT2D eigenvalue weighted by atomic mass is 9.81. The average Bonchev–Trinajstić information content (AvgIpc) is 3.18. The molecule has 0 saturated carbocycles. The number of rotatable bonds is 10. The van der Waals surface area contributed by atoms with Crippen LogP contribution in [0.3, 0.4) is 0 Å². The van der Waals surface area contributed by atoms with E-state index in [4.69, 9.17) is 24.5 Å². The van der Waals surface area contributed by atoms with Gasteiger partial charge in [-0.15, -0.1) is 0 Å². The molecule has 0 unspecified atom stereocenters. The minimum Gasteiger partial charge on any atom is -0.473 e. The van der Waals surface area contributed by atoms with Crippen molar-refractivity contribution < 1.29 is 33.7 Å². The third-order valence-corrected chi connectivity index (χ3v) is 5.97. The number of aliphatic carboxylic acids is 2. The van der Waals surface area contributed by atoms with Gasteiger partial charge in [-0.25, -0.2) is 14.0 Å². The molecule has 0 bridgehead atoms. The molecule has 0 amide bonds. The number of hydrogen-bond donors (Lipinski definition) is 2. The highest BCUT2D eigenvalue weighted by atomic mass is 19.1. The molecule has 1 aliphatic heterocycles. The van der Waals surface area contributed by atoms with Crippen molar-refractivity contribution >= 4 is 17.7 Å². The highest BCUT2D eigenvalue weighted by molar-refractivity contribution is 6.27. The maximum Gasteiger partial charge on any atom is 0.414 e. The van der Waals surface area contributed by atoms with Crippen molar-refractivity contribution in [3.05, 3.63) is 70.5 Å². The fourth-order valence-corrected chi connectivity index (χ4v) is 4.21. The van der Waals surface area contributed by atoms with E-state index in [1.54, 1.807) is 0 Å². The number of carbonyl (C=O) groups is 3. The first-order valence-electron chi connectivity index (χ1n) is 11.8. The quantitative estimate of drug-likeness (QED) is 0.375. The molecule has 36 heavy (non-hydrogen) atoms. The third kappa shape index (κ3) is 7.94. The van der Waals surface area contributed by atoms with E-state index in [9.17, 15) is 9.18 Å². The lowest BCUT2D eigenvalue weighted by Crippen LogP contribution is -2.28. The van der Waals surface area contributed by atoms with Gasteiger partial charge in [0.25, 0.3) is 0 Å². The minimum atomic E-state index is -1.82. The van der Waals surface area contributed by atoms with Gasteiger partial charge in [-0.1, -0.05) is 24.3 Å². The molecule has 2 N–H and O–H groups in total. The van der Waals surface area contributed by atoms with E-state index in [0.717, 1.165) is 54.6 Å². The number of halogens is 1. The Morgan fingerprint density at radius 2 is 1.50 bits per heavy atom. The summed E-state index contributed by atoms with van der Waals surface area (Å²) in [5.74, 6) is -3.73. The van der Waals surface area contributed by atoms with Crippen LogP contribution in [0.2, 0.25) is 0 Å². The molecule has 0 radical (unpaired) electrons. The fourth-order valence-electron chi connectivity index (χ4n) is 4.21. The number of carbonyl (C=O) groups excluding carboxylic acids is 1. The van der Waals surface area contributed by atoms with Crippen LogP contribution in [-0.4, -0.2) is 79.0 Å². The molecule has 0 aromatic heterocycles. The molecular weight excluding hydrogens is 467 g/mol. The molecule has 1 heterocycles. The summed E-state index contributed by atoms with van der Waals surface area (Å²) in [6.07, 6.45) is 3.15. The van der Waals surface area contributed by atoms with Gasteiger partial charge in [0.05, 0.1) is 6.61 Å². The molecule has 9 heteroatoms. The Labute approximate surface area is 211 Å². The van der Waals surface area contributed by atoms with E-state index in [0.29, 0.717) is 13.0 Å². The van der Waals surface area contributed by atoms with Gasteiger partial charge in [0.2, 0.25) is 0 Å². The van der Waals surface area contributed by atoms with Crippen LogP contribution < -0.4 is 0 Å².